The van der Waals surface area contributed by atoms with Crippen molar-refractivity contribution in [3.63, 3.8) is 0 Å². The average molecular weight is 470 g/mol. The van der Waals surface area contributed by atoms with E-state index in [4.69, 9.17) is 10.5 Å². The van der Waals surface area contributed by atoms with Gasteiger partial charge in [0, 0.05) is 18.1 Å². The molecule has 1 amide bonds. The van der Waals surface area contributed by atoms with Crippen LogP contribution in [0, 0.1) is 0 Å². The van der Waals surface area contributed by atoms with E-state index in [-0.39, 0.29) is 17.0 Å². The van der Waals surface area contributed by atoms with Crippen LogP contribution in [-0.2, 0) is 14.3 Å². The molecule has 7 heteroatoms. The van der Waals surface area contributed by atoms with Gasteiger partial charge in [0.25, 0.3) is 0 Å². The topological polar surface area (TPSA) is 85.5 Å². The van der Waals surface area contributed by atoms with E-state index in [2.05, 4.69) is 4.98 Å². The van der Waals surface area contributed by atoms with Crippen LogP contribution in [-0.4, -0.2) is 38.9 Å². The summed E-state index contributed by atoms with van der Waals surface area (Å²) in [4.78, 5) is 31.8. The molecule has 0 spiro atoms. The van der Waals surface area contributed by atoms with Crippen LogP contribution >= 0.6 is 11.8 Å². The Labute approximate surface area is 202 Å². The number of nitrogens with zero attached hydrogens (tertiary/aromatic N) is 2. The first kappa shape index (κ1) is 22.1. The fourth-order valence-electron chi connectivity index (χ4n) is 4.08. The zero-order valence-electron chi connectivity index (χ0n) is 18.3. The Morgan fingerprint density at radius 2 is 1.62 bits per heavy atom. The van der Waals surface area contributed by atoms with Gasteiger partial charge in [-0.1, -0.05) is 72.8 Å². The number of esters is 1. The Hall–Kier alpha value is -3.68. The first-order valence-electron chi connectivity index (χ1n) is 11.0. The Morgan fingerprint density at radius 3 is 2.24 bits per heavy atom. The molecule has 0 aliphatic carbocycles. The number of pyridine rings is 1. The SMILES string of the molecule is NC1C(=O)N2C(C(=O)OC(c3ccccc3)c3ccccc3)=C(/C=C/c3ccncc3)CS[C@H]12. The third-order valence-electron chi connectivity index (χ3n) is 5.84. The van der Waals surface area contributed by atoms with Crippen molar-refractivity contribution in [2.45, 2.75) is 17.5 Å². The molecule has 0 radical (unpaired) electrons. The van der Waals surface area contributed by atoms with Crippen molar-refractivity contribution < 1.29 is 14.3 Å². The summed E-state index contributed by atoms with van der Waals surface area (Å²) in [5, 5.41) is -0.264. The minimum absolute atomic E-state index is 0.262. The van der Waals surface area contributed by atoms with Crippen LogP contribution < -0.4 is 5.73 Å². The van der Waals surface area contributed by atoms with Crippen LogP contribution in [0.25, 0.3) is 6.08 Å². The molecule has 5 rings (SSSR count). The highest BCUT2D eigenvalue weighted by molar-refractivity contribution is 8.00. The summed E-state index contributed by atoms with van der Waals surface area (Å²) in [5.41, 5.74) is 9.66. The number of ether oxygens (including phenoxy) is 1. The first-order valence-corrected chi connectivity index (χ1v) is 12.0. The monoisotopic (exact) mass is 469 g/mol. The number of hydrogen-bond acceptors (Lipinski definition) is 6. The van der Waals surface area contributed by atoms with Gasteiger partial charge in [-0.25, -0.2) is 4.79 Å². The maximum Gasteiger partial charge on any atom is 0.356 e. The Kier molecular flexibility index (Phi) is 6.29. The van der Waals surface area contributed by atoms with E-state index in [0.717, 1.165) is 22.3 Å². The number of amides is 1. The molecule has 2 aromatic carbocycles. The smallest absolute Gasteiger partial charge is 0.356 e. The second kappa shape index (κ2) is 9.67. The number of hydrogen-bond donors (Lipinski definition) is 1. The van der Waals surface area contributed by atoms with Crippen LogP contribution in [0.4, 0.5) is 0 Å². The standard InChI is InChI=1S/C27H23N3O3S/c28-22-25(31)30-23(21(17-34-26(22)30)12-11-18-13-15-29-16-14-18)27(32)33-24(19-7-3-1-4-8-19)20-9-5-2-6-10-20/h1-16,22,24,26H,17,28H2/b12-11+/t22?,26-/m1/s1. The summed E-state index contributed by atoms with van der Waals surface area (Å²) < 4.78 is 6.10. The normalized spacial score (nSPS) is 19.8. The van der Waals surface area contributed by atoms with Gasteiger partial charge in [-0.3, -0.25) is 14.7 Å². The number of aromatic nitrogens is 1. The van der Waals surface area contributed by atoms with Crippen molar-refractivity contribution in [2.75, 3.05) is 5.75 Å². The number of thioether (sulfide) groups is 1. The van der Waals surface area contributed by atoms with Gasteiger partial charge in [-0.15, -0.1) is 11.8 Å². The summed E-state index contributed by atoms with van der Waals surface area (Å²) >= 11 is 1.55. The highest BCUT2D eigenvalue weighted by Crippen LogP contribution is 2.41. The van der Waals surface area contributed by atoms with E-state index in [0.29, 0.717) is 5.75 Å². The molecule has 1 fully saturated rings. The molecule has 0 bridgehead atoms. The Morgan fingerprint density at radius 1 is 1.00 bits per heavy atom. The van der Waals surface area contributed by atoms with Crippen molar-refractivity contribution in [3.8, 4) is 0 Å². The lowest BCUT2D eigenvalue weighted by Crippen LogP contribution is -2.68. The first-order chi connectivity index (χ1) is 16.6. The third kappa shape index (κ3) is 4.27. The molecule has 1 aromatic heterocycles. The van der Waals surface area contributed by atoms with Gasteiger partial charge in [-0.2, -0.15) is 0 Å². The maximum atomic E-state index is 13.7. The Balaban J connectivity index is 1.51. The number of carbonyl (C=O) groups excluding carboxylic acids is 2. The number of benzene rings is 2. The predicted octanol–water partition coefficient (Wildman–Crippen LogP) is 3.92. The van der Waals surface area contributed by atoms with Crippen LogP contribution in [0.2, 0.25) is 0 Å². The van der Waals surface area contributed by atoms with Crippen molar-refractivity contribution in [1.82, 2.24) is 9.88 Å². The molecule has 2 aliphatic heterocycles. The summed E-state index contributed by atoms with van der Waals surface area (Å²) in [6.07, 6.45) is 6.58. The minimum atomic E-state index is -0.613. The van der Waals surface area contributed by atoms with Crippen molar-refractivity contribution in [2.24, 2.45) is 5.73 Å². The Bertz CT molecular complexity index is 1210. The van der Waals surface area contributed by atoms with Crippen LogP contribution in [0.1, 0.15) is 22.8 Å². The maximum absolute atomic E-state index is 13.7. The number of nitrogens with two attached hydrogens (primary N) is 1. The van der Waals surface area contributed by atoms with E-state index < -0.39 is 18.1 Å². The summed E-state index contributed by atoms with van der Waals surface area (Å²) in [6, 6.07) is 22.3. The van der Waals surface area contributed by atoms with Gasteiger partial charge in [0.15, 0.2) is 6.10 Å². The second-order valence-corrected chi connectivity index (χ2v) is 9.14. The number of carbonyl (C=O) groups is 2. The van der Waals surface area contributed by atoms with Gasteiger partial charge in [0.1, 0.15) is 17.1 Å². The van der Waals surface area contributed by atoms with E-state index in [1.807, 2.05) is 84.9 Å². The molecule has 2 N–H and O–H groups in total. The average Bonchev–Trinajstić information content (AvgIpc) is 2.91. The van der Waals surface area contributed by atoms with Crippen LogP contribution in [0.3, 0.4) is 0 Å². The lowest BCUT2D eigenvalue weighted by Gasteiger charge is -2.48. The number of fused-ring (bicyclic) bond motifs is 1. The third-order valence-corrected chi connectivity index (χ3v) is 7.17. The molecule has 0 saturated carbocycles. The number of β-lactam (4-membered cyclic amide) rings is 1. The second-order valence-electron chi connectivity index (χ2n) is 8.03. The lowest BCUT2D eigenvalue weighted by atomic mass is 10.0. The van der Waals surface area contributed by atoms with Gasteiger partial charge in [0.05, 0.1) is 0 Å². The molecule has 34 heavy (non-hydrogen) atoms. The van der Waals surface area contributed by atoms with Crippen molar-refractivity contribution in [1.29, 1.82) is 0 Å². The van der Waals surface area contributed by atoms with Gasteiger partial charge >= 0.3 is 5.97 Å². The molecular formula is C27H23N3O3S. The van der Waals surface area contributed by atoms with Crippen LogP contribution in [0.5, 0.6) is 0 Å². The van der Waals surface area contributed by atoms with E-state index in [1.165, 1.54) is 4.90 Å². The molecule has 2 atom stereocenters. The minimum Gasteiger partial charge on any atom is -0.448 e. The molecule has 6 nitrogen and oxygen atoms in total. The summed E-state index contributed by atoms with van der Waals surface area (Å²) in [5.74, 6) is -0.261. The largest absolute Gasteiger partial charge is 0.448 e. The van der Waals surface area contributed by atoms with Crippen molar-refractivity contribution >= 4 is 29.7 Å². The highest BCUT2D eigenvalue weighted by atomic mass is 32.2. The molecule has 1 unspecified atom stereocenters. The lowest BCUT2D eigenvalue weighted by molar-refractivity contribution is -0.153. The van der Waals surface area contributed by atoms with E-state index in [1.54, 1.807) is 24.2 Å². The zero-order valence-corrected chi connectivity index (χ0v) is 19.1. The molecule has 1 saturated heterocycles. The fraction of sp³-hybridized carbons (Fsp3) is 0.148. The fourth-order valence-corrected chi connectivity index (χ4v) is 5.34. The number of rotatable bonds is 6. The van der Waals surface area contributed by atoms with E-state index in [9.17, 15) is 9.59 Å². The molecule has 170 valence electrons. The summed E-state index contributed by atoms with van der Waals surface area (Å²) in [7, 11) is 0. The van der Waals surface area contributed by atoms with Gasteiger partial charge < -0.3 is 10.5 Å². The number of allylic oxidation sites excluding steroid dienone is 1. The molecule has 2 aliphatic rings. The predicted molar refractivity (Wildman–Crippen MR) is 132 cm³/mol. The van der Waals surface area contributed by atoms with E-state index >= 15 is 0 Å². The molecule has 3 aromatic rings. The van der Waals surface area contributed by atoms with Crippen molar-refractivity contribution in [3.05, 3.63) is 119 Å². The van der Waals surface area contributed by atoms with Gasteiger partial charge in [0.2, 0.25) is 5.91 Å². The van der Waals surface area contributed by atoms with Gasteiger partial charge in [-0.05, 0) is 34.4 Å². The summed E-state index contributed by atoms with van der Waals surface area (Å²) in [6.45, 7) is 0. The highest BCUT2D eigenvalue weighted by Gasteiger charge is 2.52. The van der Waals surface area contributed by atoms with Crippen LogP contribution in [0.15, 0.2) is 103 Å². The zero-order chi connectivity index (χ0) is 23.5. The molecular weight excluding hydrogens is 446 g/mol. The molecule has 3 heterocycles. The quantitative estimate of drug-likeness (QED) is 0.435.